The minimum absolute atomic E-state index is 0.0770. The molecule has 0 aromatic carbocycles. The summed E-state index contributed by atoms with van der Waals surface area (Å²) in [6.45, 7) is 1.83. The van der Waals surface area contributed by atoms with Gasteiger partial charge in [0.25, 0.3) is 0 Å². The van der Waals surface area contributed by atoms with Crippen LogP contribution in [0.25, 0.3) is 0 Å². The van der Waals surface area contributed by atoms with Gasteiger partial charge in [-0.15, -0.1) is 12.3 Å². The van der Waals surface area contributed by atoms with E-state index in [4.69, 9.17) is 6.42 Å². The van der Waals surface area contributed by atoms with Crippen molar-refractivity contribution in [2.24, 2.45) is 0 Å². The summed E-state index contributed by atoms with van der Waals surface area (Å²) in [6, 6.07) is -0.164. The Morgan fingerprint density at radius 3 is 3.21 bits per heavy atom. The van der Waals surface area contributed by atoms with E-state index in [0.29, 0.717) is 18.7 Å². The Balaban J connectivity index is 2.38. The van der Waals surface area contributed by atoms with Crippen LogP contribution in [0.15, 0.2) is 6.33 Å². The third kappa shape index (κ3) is 2.90. The van der Waals surface area contributed by atoms with Crippen molar-refractivity contribution >= 4 is 5.91 Å². The minimum Gasteiger partial charge on any atom is -0.346 e. The number of aromatic nitrogens is 3. The maximum atomic E-state index is 11.2. The number of carbonyl (C=O) groups is 1. The summed E-state index contributed by atoms with van der Waals surface area (Å²) in [6.07, 6.45) is 7.24. The van der Waals surface area contributed by atoms with Crippen molar-refractivity contribution < 1.29 is 4.79 Å². The summed E-state index contributed by atoms with van der Waals surface area (Å²) in [4.78, 5) is 15.2. The number of amides is 1. The van der Waals surface area contributed by atoms with Gasteiger partial charge in [-0.2, -0.15) is 5.10 Å². The van der Waals surface area contributed by atoms with Gasteiger partial charge in [-0.3, -0.25) is 9.89 Å². The molecule has 0 aliphatic rings. The summed E-state index contributed by atoms with van der Waals surface area (Å²) in [7, 11) is 0. The molecule has 0 radical (unpaired) electrons. The molecule has 5 heteroatoms. The molecule has 1 aromatic heterocycles. The molecule has 0 aliphatic heterocycles. The van der Waals surface area contributed by atoms with E-state index in [1.54, 1.807) is 0 Å². The number of rotatable bonds is 4. The van der Waals surface area contributed by atoms with Crippen molar-refractivity contribution in [1.82, 2.24) is 20.5 Å². The van der Waals surface area contributed by atoms with E-state index >= 15 is 0 Å². The molecule has 74 valence electrons. The first kappa shape index (κ1) is 10.3. The molecule has 5 nitrogen and oxygen atoms in total. The molecular formula is C9H12N4O. The smallest absolute Gasteiger partial charge is 0.221 e. The number of H-pyrrole nitrogens is 1. The molecule has 0 saturated carbocycles. The molecule has 14 heavy (non-hydrogen) atoms. The van der Waals surface area contributed by atoms with Crippen LogP contribution in [0, 0.1) is 12.3 Å². The molecular weight excluding hydrogens is 180 g/mol. The van der Waals surface area contributed by atoms with Crippen LogP contribution >= 0.6 is 0 Å². The highest BCUT2D eigenvalue weighted by Crippen LogP contribution is 2.04. The largest absolute Gasteiger partial charge is 0.346 e. The zero-order valence-corrected chi connectivity index (χ0v) is 7.95. The molecule has 1 aromatic rings. The van der Waals surface area contributed by atoms with E-state index in [1.165, 1.54) is 6.33 Å². The van der Waals surface area contributed by atoms with Crippen molar-refractivity contribution in [1.29, 1.82) is 0 Å². The Hall–Kier alpha value is -1.83. The van der Waals surface area contributed by atoms with Gasteiger partial charge in [-0.1, -0.05) is 0 Å². The first-order chi connectivity index (χ1) is 6.74. The zero-order chi connectivity index (χ0) is 10.4. The van der Waals surface area contributed by atoms with Crippen LogP contribution in [0.5, 0.6) is 0 Å². The van der Waals surface area contributed by atoms with Crippen LogP contribution < -0.4 is 5.32 Å². The Morgan fingerprint density at radius 2 is 2.64 bits per heavy atom. The number of carbonyl (C=O) groups excluding carboxylic acids is 1. The second-order valence-electron chi connectivity index (χ2n) is 2.86. The third-order valence-corrected chi connectivity index (χ3v) is 1.72. The highest BCUT2D eigenvalue weighted by Gasteiger charge is 2.10. The van der Waals surface area contributed by atoms with Crippen molar-refractivity contribution in [2.75, 3.05) is 0 Å². The summed E-state index contributed by atoms with van der Waals surface area (Å²) in [5, 5.41) is 9.12. The fraction of sp³-hybridized carbons (Fsp3) is 0.444. The normalized spacial score (nSPS) is 11.7. The molecule has 1 heterocycles. The van der Waals surface area contributed by atoms with Crippen molar-refractivity contribution in [3.05, 3.63) is 12.2 Å². The van der Waals surface area contributed by atoms with E-state index in [9.17, 15) is 4.79 Å². The molecule has 2 N–H and O–H groups in total. The van der Waals surface area contributed by atoms with Gasteiger partial charge in [0.1, 0.15) is 12.2 Å². The Labute approximate surface area is 82.3 Å². The van der Waals surface area contributed by atoms with Gasteiger partial charge in [-0.05, 0) is 6.92 Å². The third-order valence-electron chi connectivity index (χ3n) is 1.72. The fourth-order valence-electron chi connectivity index (χ4n) is 0.991. The van der Waals surface area contributed by atoms with Crippen molar-refractivity contribution in [3.8, 4) is 12.3 Å². The Bertz CT molecular complexity index is 325. The average Bonchev–Trinajstić information content (AvgIpc) is 2.67. The van der Waals surface area contributed by atoms with E-state index in [-0.39, 0.29) is 11.9 Å². The molecule has 0 aliphatic carbocycles. The van der Waals surface area contributed by atoms with Crippen LogP contribution in [-0.4, -0.2) is 21.1 Å². The fourth-order valence-corrected chi connectivity index (χ4v) is 0.991. The monoisotopic (exact) mass is 192 g/mol. The predicted molar refractivity (Wildman–Crippen MR) is 51.0 cm³/mol. The first-order valence-corrected chi connectivity index (χ1v) is 4.32. The van der Waals surface area contributed by atoms with Gasteiger partial charge in [-0.25, -0.2) is 4.98 Å². The molecule has 0 fully saturated rings. The lowest BCUT2D eigenvalue weighted by molar-refractivity contribution is -0.121. The molecule has 0 spiro atoms. The zero-order valence-electron chi connectivity index (χ0n) is 7.95. The SMILES string of the molecule is C#CCCC(=O)NC(C)c1ncn[nH]1. The lowest BCUT2D eigenvalue weighted by Crippen LogP contribution is -2.26. The standard InChI is InChI=1S/C9H12N4O/c1-3-4-5-8(14)12-7(2)9-10-6-11-13-9/h1,6-7H,4-5H2,2H3,(H,12,14)(H,10,11,13). The summed E-state index contributed by atoms with van der Waals surface area (Å²) in [5.74, 6) is 2.97. The van der Waals surface area contributed by atoms with Gasteiger partial charge in [0, 0.05) is 12.8 Å². The molecule has 1 atom stereocenters. The quantitative estimate of drug-likeness (QED) is 0.678. The average molecular weight is 192 g/mol. The van der Waals surface area contributed by atoms with E-state index in [1.807, 2.05) is 6.92 Å². The van der Waals surface area contributed by atoms with E-state index in [2.05, 4.69) is 26.4 Å². The van der Waals surface area contributed by atoms with Crippen LogP contribution in [0.4, 0.5) is 0 Å². The van der Waals surface area contributed by atoms with Crippen LogP contribution in [0.3, 0.4) is 0 Å². The van der Waals surface area contributed by atoms with Crippen molar-refractivity contribution in [3.63, 3.8) is 0 Å². The number of nitrogens with zero attached hydrogens (tertiary/aromatic N) is 2. The second-order valence-corrected chi connectivity index (χ2v) is 2.86. The summed E-state index contributed by atoms with van der Waals surface area (Å²) < 4.78 is 0. The molecule has 0 saturated heterocycles. The van der Waals surface area contributed by atoms with Crippen molar-refractivity contribution in [2.45, 2.75) is 25.8 Å². The van der Waals surface area contributed by atoms with E-state index < -0.39 is 0 Å². The topological polar surface area (TPSA) is 70.7 Å². The van der Waals surface area contributed by atoms with Gasteiger partial charge in [0.05, 0.1) is 6.04 Å². The van der Waals surface area contributed by atoms with Gasteiger partial charge < -0.3 is 5.32 Å². The maximum Gasteiger partial charge on any atom is 0.221 e. The number of hydrogen-bond acceptors (Lipinski definition) is 3. The molecule has 1 rings (SSSR count). The predicted octanol–water partition coefficient (Wildman–Crippen LogP) is 0.395. The second kappa shape index (κ2) is 5.02. The number of terminal acetylenes is 1. The van der Waals surface area contributed by atoms with Gasteiger partial charge in [0.15, 0.2) is 0 Å². The first-order valence-electron chi connectivity index (χ1n) is 4.32. The Kier molecular flexibility index (Phi) is 3.68. The summed E-state index contributed by atoms with van der Waals surface area (Å²) >= 11 is 0. The van der Waals surface area contributed by atoms with Crippen LogP contribution in [0.1, 0.15) is 31.6 Å². The minimum atomic E-state index is -0.164. The van der Waals surface area contributed by atoms with Crippen LogP contribution in [0.2, 0.25) is 0 Å². The Morgan fingerprint density at radius 1 is 1.86 bits per heavy atom. The molecule has 0 bridgehead atoms. The van der Waals surface area contributed by atoms with Gasteiger partial charge in [0.2, 0.25) is 5.91 Å². The highest BCUT2D eigenvalue weighted by atomic mass is 16.1. The molecule has 1 unspecified atom stereocenters. The number of hydrogen-bond donors (Lipinski definition) is 2. The van der Waals surface area contributed by atoms with E-state index in [0.717, 1.165) is 0 Å². The highest BCUT2D eigenvalue weighted by molar-refractivity contribution is 5.76. The van der Waals surface area contributed by atoms with Gasteiger partial charge >= 0.3 is 0 Å². The molecule has 1 amide bonds. The lowest BCUT2D eigenvalue weighted by atomic mass is 10.2. The maximum absolute atomic E-state index is 11.2. The number of aromatic amines is 1. The summed E-state index contributed by atoms with van der Waals surface area (Å²) in [5.41, 5.74) is 0. The van der Waals surface area contributed by atoms with Crippen LogP contribution in [-0.2, 0) is 4.79 Å². The number of nitrogens with one attached hydrogen (secondary N) is 2. The lowest BCUT2D eigenvalue weighted by Gasteiger charge is -2.09.